The summed E-state index contributed by atoms with van der Waals surface area (Å²) in [7, 11) is 0. The van der Waals surface area contributed by atoms with Gasteiger partial charge in [-0.15, -0.1) is 0 Å². The number of benzene rings is 2. The first-order valence-corrected chi connectivity index (χ1v) is 8.52. The van der Waals surface area contributed by atoms with Crippen LogP contribution in [-0.2, 0) is 11.2 Å². The molecule has 2 aromatic carbocycles. The highest BCUT2D eigenvalue weighted by molar-refractivity contribution is 6.00. The predicted molar refractivity (Wildman–Crippen MR) is 99.9 cm³/mol. The number of anilines is 2. The first kappa shape index (κ1) is 15.6. The predicted octanol–water partition coefficient (Wildman–Crippen LogP) is 3.33. The van der Waals surface area contributed by atoms with Crippen molar-refractivity contribution in [3.8, 4) is 0 Å². The zero-order valence-electron chi connectivity index (χ0n) is 14.4. The molecule has 1 amide bonds. The highest BCUT2D eigenvalue weighted by Gasteiger charge is 2.28. The largest absolute Gasteiger partial charge is 0.357 e. The topological polar surface area (TPSA) is 58.1 Å². The molecule has 0 spiro atoms. The Kier molecular flexibility index (Phi) is 3.84. The van der Waals surface area contributed by atoms with Crippen LogP contribution in [-0.4, -0.2) is 28.5 Å². The first-order chi connectivity index (χ1) is 12.1. The summed E-state index contributed by atoms with van der Waals surface area (Å²) in [5.41, 5.74) is 4.71. The maximum absolute atomic E-state index is 12.9. The summed E-state index contributed by atoms with van der Waals surface area (Å²) < 4.78 is 0. The van der Waals surface area contributed by atoms with Gasteiger partial charge in [-0.05, 0) is 44.0 Å². The van der Waals surface area contributed by atoms with Gasteiger partial charge in [0, 0.05) is 12.2 Å². The minimum Gasteiger partial charge on any atom is -0.357 e. The maximum Gasteiger partial charge on any atom is 0.249 e. The summed E-state index contributed by atoms with van der Waals surface area (Å²) >= 11 is 0. The van der Waals surface area contributed by atoms with Crippen LogP contribution in [0.2, 0.25) is 0 Å². The average Bonchev–Trinajstić information content (AvgIpc) is 3.05. The van der Waals surface area contributed by atoms with E-state index in [9.17, 15) is 4.79 Å². The van der Waals surface area contributed by atoms with E-state index in [0.717, 1.165) is 35.4 Å². The van der Waals surface area contributed by atoms with Crippen molar-refractivity contribution in [3.63, 3.8) is 0 Å². The fourth-order valence-electron chi connectivity index (χ4n) is 3.29. The molecule has 5 nitrogen and oxygen atoms in total. The Balaban J connectivity index is 1.57. The third-order valence-electron chi connectivity index (χ3n) is 4.62. The van der Waals surface area contributed by atoms with Crippen molar-refractivity contribution in [2.75, 3.05) is 16.8 Å². The van der Waals surface area contributed by atoms with E-state index in [0.29, 0.717) is 5.82 Å². The van der Waals surface area contributed by atoms with Crippen LogP contribution in [0, 0.1) is 6.92 Å². The van der Waals surface area contributed by atoms with Gasteiger partial charge in [0.1, 0.15) is 11.9 Å². The van der Waals surface area contributed by atoms with Gasteiger partial charge < -0.3 is 10.2 Å². The Morgan fingerprint density at radius 2 is 1.76 bits per heavy atom. The number of fused-ring (bicyclic) bond motifs is 2. The van der Waals surface area contributed by atoms with E-state index in [4.69, 9.17) is 0 Å². The molecule has 0 aliphatic carbocycles. The standard InChI is InChI=1S/C20H20N4O/c1-13-19(23-17-9-5-4-8-16(17)21-13)22-14(2)20(25)24-12-11-15-7-3-6-10-18(15)24/h3-10,14H,11-12H2,1-2H3,(H,22,23). The Hall–Kier alpha value is -2.95. The Morgan fingerprint density at radius 3 is 2.56 bits per heavy atom. The molecule has 0 fully saturated rings. The Labute approximate surface area is 146 Å². The van der Waals surface area contributed by atoms with Crippen LogP contribution in [0.5, 0.6) is 0 Å². The molecule has 0 bridgehead atoms. The zero-order valence-corrected chi connectivity index (χ0v) is 14.4. The number of nitrogens with zero attached hydrogens (tertiary/aromatic N) is 3. The molecule has 0 saturated heterocycles. The van der Waals surface area contributed by atoms with E-state index in [2.05, 4.69) is 21.4 Å². The molecule has 1 N–H and O–H groups in total. The number of hydrogen-bond donors (Lipinski definition) is 1. The van der Waals surface area contributed by atoms with Crippen molar-refractivity contribution in [2.45, 2.75) is 26.3 Å². The van der Waals surface area contributed by atoms with Crippen molar-refractivity contribution < 1.29 is 4.79 Å². The third-order valence-corrected chi connectivity index (χ3v) is 4.62. The number of carbonyl (C=O) groups excluding carboxylic acids is 1. The number of nitrogens with one attached hydrogen (secondary N) is 1. The lowest BCUT2D eigenvalue weighted by Gasteiger charge is -2.23. The molecule has 25 heavy (non-hydrogen) atoms. The van der Waals surface area contributed by atoms with Crippen LogP contribution in [0.3, 0.4) is 0 Å². The van der Waals surface area contributed by atoms with Crippen molar-refractivity contribution >= 4 is 28.4 Å². The van der Waals surface area contributed by atoms with Crippen LogP contribution in [0.15, 0.2) is 48.5 Å². The fraction of sp³-hybridized carbons (Fsp3) is 0.250. The SMILES string of the molecule is Cc1nc2ccccc2nc1NC(C)C(=O)N1CCc2ccccc21. The fourth-order valence-corrected chi connectivity index (χ4v) is 3.29. The highest BCUT2D eigenvalue weighted by Crippen LogP contribution is 2.28. The molecule has 1 aliphatic rings. The van der Waals surface area contributed by atoms with Gasteiger partial charge in [-0.3, -0.25) is 4.79 Å². The summed E-state index contributed by atoms with van der Waals surface area (Å²) in [4.78, 5) is 24.0. The van der Waals surface area contributed by atoms with Crippen molar-refractivity contribution in [1.29, 1.82) is 0 Å². The highest BCUT2D eigenvalue weighted by atomic mass is 16.2. The van der Waals surface area contributed by atoms with Gasteiger partial charge in [-0.25, -0.2) is 9.97 Å². The number of amides is 1. The lowest BCUT2D eigenvalue weighted by Crippen LogP contribution is -2.40. The number of hydrogen-bond acceptors (Lipinski definition) is 4. The normalized spacial score (nSPS) is 14.4. The quantitative estimate of drug-likeness (QED) is 0.799. The second-order valence-electron chi connectivity index (χ2n) is 6.38. The van der Waals surface area contributed by atoms with Crippen molar-refractivity contribution in [1.82, 2.24) is 9.97 Å². The maximum atomic E-state index is 12.9. The van der Waals surface area contributed by atoms with E-state index in [1.54, 1.807) is 0 Å². The smallest absolute Gasteiger partial charge is 0.249 e. The lowest BCUT2D eigenvalue weighted by atomic mass is 10.2. The zero-order chi connectivity index (χ0) is 17.4. The molecule has 5 heteroatoms. The summed E-state index contributed by atoms with van der Waals surface area (Å²) in [6.07, 6.45) is 0.906. The third kappa shape index (κ3) is 2.82. The number of carbonyl (C=O) groups is 1. The van der Waals surface area contributed by atoms with Gasteiger partial charge in [0.2, 0.25) is 5.91 Å². The monoisotopic (exact) mass is 332 g/mol. The Bertz CT molecular complexity index is 953. The van der Waals surface area contributed by atoms with Crippen LogP contribution < -0.4 is 10.2 Å². The molecule has 1 unspecified atom stereocenters. The van der Waals surface area contributed by atoms with Gasteiger partial charge in [-0.1, -0.05) is 30.3 Å². The van der Waals surface area contributed by atoms with Gasteiger partial charge in [0.15, 0.2) is 0 Å². The van der Waals surface area contributed by atoms with Gasteiger partial charge in [0.05, 0.1) is 16.7 Å². The second-order valence-corrected chi connectivity index (χ2v) is 6.38. The van der Waals surface area contributed by atoms with Gasteiger partial charge in [-0.2, -0.15) is 0 Å². The molecular formula is C20H20N4O. The summed E-state index contributed by atoms with van der Waals surface area (Å²) in [6.45, 7) is 4.51. The number of aryl methyl sites for hydroxylation is 1. The Morgan fingerprint density at radius 1 is 1.08 bits per heavy atom. The van der Waals surface area contributed by atoms with Crippen LogP contribution in [0.25, 0.3) is 11.0 Å². The summed E-state index contributed by atoms with van der Waals surface area (Å²) in [5, 5.41) is 3.24. The van der Waals surface area contributed by atoms with Crippen LogP contribution in [0.4, 0.5) is 11.5 Å². The molecule has 3 aromatic rings. The molecule has 2 heterocycles. The second kappa shape index (κ2) is 6.16. The minimum absolute atomic E-state index is 0.0549. The average molecular weight is 332 g/mol. The molecule has 0 saturated carbocycles. The van der Waals surface area contributed by atoms with Crippen LogP contribution in [0.1, 0.15) is 18.2 Å². The number of para-hydroxylation sites is 3. The van der Waals surface area contributed by atoms with E-state index in [1.165, 1.54) is 5.56 Å². The molecule has 0 radical (unpaired) electrons. The number of rotatable bonds is 3. The van der Waals surface area contributed by atoms with E-state index in [-0.39, 0.29) is 11.9 Å². The molecule has 1 aromatic heterocycles. The van der Waals surface area contributed by atoms with Gasteiger partial charge >= 0.3 is 0 Å². The minimum atomic E-state index is -0.375. The van der Waals surface area contributed by atoms with Crippen molar-refractivity contribution in [2.24, 2.45) is 0 Å². The summed E-state index contributed by atoms with van der Waals surface area (Å²) in [5.74, 6) is 0.714. The van der Waals surface area contributed by atoms with E-state index >= 15 is 0 Å². The molecule has 126 valence electrons. The molecular weight excluding hydrogens is 312 g/mol. The van der Waals surface area contributed by atoms with E-state index < -0.39 is 0 Å². The molecule has 1 aliphatic heterocycles. The molecule has 1 atom stereocenters. The van der Waals surface area contributed by atoms with Crippen molar-refractivity contribution in [3.05, 3.63) is 59.8 Å². The van der Waals surface area contributed by atoms with Gasteiger partial charge in [0.25, 0.3) is 0 Å². The first-order valence-electron chi connectivity index (χ1n) is 8.52. The van der Waals surface area contributed by atoms with Crippen LogP contribution >= 0.6 is 0 Å². The van der Waals surface area contributed by atoms with E-state index in [1.807, 2.05) is 61.2 Å². The number of aromatic nitrogens is 2. The molecule has 4 rings (SSSR count). The summed E-state index contributed by atoms with van der Waals surface area (Å²) in [6, 6.07) is 15.5. The lowest BCUT2D eigenvalue weighted by molar-refractivity contribution is -0.118.